The predicted molar refractivity (Wildman–Crippen MR) is 145 cm³/mol. The molecule has 2 aromatic rings. The highest BCUT2D eigenvalue weighted by Crippen LogP contribution is 2.43. The first-order chi connectivity index (χ1) is 18.2. The summed E-state index contributed by atoms with van der Waals surface area (Å²) in [6.07, 6.45) is 1.40. The van der Waals surface area contributed by atoms with Gasteiger partial charge >= 0.3 is 5.97 Å². The number of hydrogen-bond donors (Lipinski definition) is 3. The van der Waals surface area contributed by atoms with Gasteiger partial charge < -0.3 is 19.3 Å². The molecule has 3 N–H and O–H groups in total. The van der Waals surface area contributed by atoms with Gasteiger partial charge in [-0.15, -0.1) is 6.58 Å². The Morgan fingerprint density at radius 3 is 2.50 bits per heavy atom. The summed E-state index contributed by atoms with van der Waals surface area (Å²) >= 11 is 0. The van der Waals surface area contributed by atoms with Crippen molar-refractivity contribution < 1.29 is 28.9 Å². The third-order valence-electron chi connectivity index (χ3n) is 5.71. The molecule has 1 aliphatic heterocycles. The minimum Gasteiger partial charge on any atom is -0.494 e. The number of esters is 1. The van der Waals surface area contributed by atoms with Gasteiger partial charge in [-0.3, -0.25) is 15.0 Å². The van der Waals surface area contributed by atoms with Crippen LogP contribution in [-0.2, 0) is 19.1 Å². The highest BCUT2D eigenvalue weighted by Gasteiger charge is 2.53. The van der Waals surface area contributed by atoms with E-state index in [9.17, 15) is 9.59 Å². The van der Waals surface area contributed by atoms with E-state index in [1.807, 2.05) is 30.3 Å². The highest BCUT2D eigenvalue weighted by atomic mass is 16.6. The normalized spacial score (nSPS) is 18.7. The van der Waals surface area contributed by atoms with E-state index in [0.717, 1.165) is 5.56 Å². The Morgan fingerprint density at radius 1 is 1.16 bits per heavy atom. The molecular formula is C29H37N3O6. The summed E-state index contributed by atoms with van der Waals surface area (Å²) in [6, 6.07) is 16.5. The maximum atomic E-state index is 13.7. The van der Waals surface area contributed by atoms with E-state index >= 15 is 0 Å². The van der Waals surface area contributed by atoms with Crippen LogP contribution in [0.1, 0.15) is 57.3 Å². The quantitative estimate of drug-likeness (QED) is 0.159. The number of aliphatic imine (C=N–C) groups is 1. The monoisotopic (exact) mass is 523 g/mol. The van der Waals surface area contributed by atoms with E-state index in [4.69, 9.17) is 24.3 Å². The Kier molecular flexibility index (Phi) is 10.0. The molecule has 0 saturated carbocycles. The number of aliphatic hydroxyl groups excluding tert-OH is 1. The minimum absolute atomic E-state index is 0.0345. The number of ether oxygens (including phenoxy) is 3. The maximum absolute atomic E-state index is 13.7. The summed E-state index contributed by atoms with van der Waals surface area (Å²) in [5, 5.41) is 8.96. The van der Waals surface area contributed by atoms with Crippen LogP contribution in [0.4, 0.5) is 0 Å². The molecule has 1 heterocycles. The number of nitrogens with zero attached hydrogens (tertiary/aromatic N) is 1. The standard InChI is InChI=1S/C29H37N3O6/c1-5-18-30-32-27(35)29(17-16-24(34)38-28(2,3)4)25(21-10-7-6-8-11-21)37-26(31-29)22-12-14-23(15-13-22)36-20-9-19-33/h5-8,10-15,25,30,33H,1,9,16-20H2,2-4H3,(H,32,35)/t25-,29-/m0/s1. The summed E-state index contributed by atoms with van der Waals surface area (Å²) in [4.78, 5) is 31.2. The second kappa shape index (κ2) is 13.2. The van der Waals surface area contributed by atoms with E-state index in [0.29, 0.717) is 30.9 Å². The van der Waals surface area contributed by atoms with E-state index < -0.39 is 29.1 Å². The number of carbonyl (C=O) groups excluding carboxylic acids is 2. The SMILES string of the molecule is C=CCNNC(=O)[C@@]1(CCC(=O)OC(C)(C)C)N=C(c2ccc(OCCCO)cc2)O[C@H]1c1ccccc1. The molecule has 0 bridgehead atoms. The van der Waals surface area contributed by atoms with Crippen LogP contribution < -0.4 is 15.6 Å². The van der Waals surface area contributed by atoms with Gasteiger partial charge in [0, 0.05) is 31.6 Å². The second-order valence-electron chi connectivity index (χ2n) is 9.91. The van der Waals surface area contributed by atoms with Crippen LogP contribution in [0.25, 0.3) is 0 Å². The number of rotatable bonds is 13. The zero-order valence-corrected chi connectivity index (χ0v) is 22.2. The van der Waals surface area contributed by atoms with Crippen molar-refractivity contribution in [3.05, 3.63) is 78.4 Å². The zero-order chi connectivity index (χ0) is 27.6. The molecule has 1 amide bonds. The largest absolute Gasteiger partial charge is 0.494 e. The molecular weight excluding hydrogens is 486 g/mol. The Hall–Kier alpha value is -3.69. The van der Waals surface area contributed by atoms with Gasteiger partial charge in [0.15, 0.2) is 11.6 Å². The Morgan fingerprint density at radius 2 is 1.87 bits per heavy atom. The van der Waals surface area contributed by atoms with Crippen molar-refractivity contribution in [2.75, 3.05) is 19.8 Å². The smallest absolute Gasteiger partial charge is 0.306 e. The molecule has 0 fully saturated rings. The molecule has 0 unspecified atom stereocenters. The van der Waals surface area contributed by atoms with Crippen molar-refractivity contribution >= 4 is 17.8 Å². The average Bonchev–Trinajstić information content (AvgIpc) is 3.29. The van der Waals surface area contributed by atoms with E-state index in [2.05, 4.69) is 17.4 Å². The van der Waals surface area contributed by atoms with Crippen LogP contribution >= 0.6 is 0 Å². The van der Waals surface area contributed by atoms with Crippen LogP contribution in [-0.4, -0.2) is 53.8 Å². The van der Waals surface area contributed by atoms with Gasteiger partial charge in [0.1, 0.15) is 11.4 Å². The fourth-order valence-electron chi connectivity index (χ4n) is 4.00. The number of hydrazine groups is 1. The number of hydrogen-bond acceptors (Lipinski definition) is 8. The number of aliphatic hydroxyl groups is 1. The van der Waals surface area contributed by atoms with Crippen molar-refractivity contribution in [3.8, 4) is 5.75 Å². The summed E-state index contributed by atoms with van der Waals surface area (Å²) in [6.45, 7) is 9.85. The van der Waals surface area contributed by atoms with E-state index in [1.165, 1.54) is 0 Å². The van der Waals surface area contributed by atoms with Gasteiger partial charge in [0.05, 0.1) is 6.61 Å². The lowest BCUT2D eigenvalue weighted by Crippen LogP contribution is -2.53. The number of amides is 1. The molecule has 38 heavy (non-hydrogen) atoms. The molecule has 1 aliphatic rings. The van der Waals surface area contributed by atoms with Gasteiger partial charge in [-0.25, -0.2) is 10.4 Å². The first-order valence-electron chi connectivity index (χ1n) is 12.7. The molecule has 2 aromatic carbocycles. The van der Waals surface area contributed by atoms with Crippen LogP contribution in [0.3, 0.4) is 0 Å². The lowest BCUT2D eigenvalue weighted by atomic mass is 9.83. The first kappa shape index (κ1) is 28.9. The van der Waals surface area contributed by atoms with Crippen LogP contribution in [0.15, 0.2) is 72.2 Å². The molecule has 0 saturated heterocycles. The van der Waals surface area contributed by atoms with Crippen molar-refractivity contribution in [2.24, 2.45) is 4.99 Å². The molecule has 2 atom stereocenters. The summed E-state index contributed by atoms with van der Waals surface area (Å²) < 4.78 is 17.5. The van der Waals surface area contributed by atoms with Crippen molar-refractivity contribution in [1.82, 2.24) is 10.9 Å². The van der Waals surface area contributed by atoms with Crippen LogP contribution in [0.5, 0.6) is 5.75 Å². The molecule has 3 rings (SSSR count). The van der Waals surface area contributed by atoms with Gasteiger partial charge in [0.2, 0.25) is 5.90 Å². The zero-order valence-electron chi connectivity index (χ0n) is 22.2. The van der Waals surface area contributed by atoms with Gasteiger partial charge in [-0.05, 0) is 57.0 Å². The summed E-state index contributed by atoms with van der Waals surface area (Å²) in [5.74, 6) is 0.0612. The number of benzene rings is 2. The highest BCUT2D eigenvalue weighted by molar-refractivity contribution is 6.01. The third kappa shape index (κ3) is 7.66. The Labute approximate surface area is 223 Å². The lowest BCUT2D eigenvalue weighted by Gasteiger charge is -2.30. The average molecular weight is 524 g/mol. The molecule has 0 spiro atoms. The van der Waals surface area contributed by atoms with Crippen LogP contribution in [0, 0.1) is 0 Å². The summed E-state index contributed by atoms with van der Waals surface area (Å²) in [7, 11) is 0. The number of nitrogens with one attached hydrogen (secondary N) is 2. The molecule has 0 radical (unpaired) electrons. The van der Waals surface area contributed by atoms with Crippen molar-refractivity contribution in [2.45, 2.75) is 57.3 Å². The molecule has 9 heteroatoms. The van der Waals surface area contributed by atoms with Crippen molar-refractivity contribution in [3.63, 3.8) is 0 Å². The predicted octanol–water partition coefficient (Wildman–Crippen LogP) is 3.63. The maximum Gasteiger partial charge on any atom is 0.306 e. The van der Waals surface area contributed by atoms with Gasteiger partial charge in [0.25, 0.3) is 5.91 Å². The molecule has 0 aliphatic carbocycles. The topological polar surface area (TPSA) is 118 Å². The van der Waals surface area contributed by atoms with E-state index in [1.54, 1.807) is 51.1 Å². The number of carbonyl (C=O) groups is 2. The fraction of sp³-hybridized carbons (Fsp3) is 0.414. The van der Waals surface area contributed by atoms with E-state index in [-0.39, 0.29) is 25.3 Å². The third-order valence-corrected chi connectivity index (χ3v) is 5.71. The Balaban J connectivity index is 1.98. The molecule has 204 valence electrons. The van der Waals surface area contributed by atoms with Gasteiger partial charge in [-0.2, -0.15) is 0 Å². The minimum atomic E-state index is -1.45. The van der Waals surface area contributed by atoms with Crippen LogP contribution in [0.2, 0.25) is 0 Å². The Bertz CT molecular complexity index is 1110. The molecule has 9 nitrogen and oxygen atoms in total. The molecule has 0 aromatic heterocycles. The lowest BCUT2D eigenvalue weighted by molar-refractivity contribution is -0.155. The summed E-state index contributed by atoms with van der Waals surface area (Å²) in [5.41, 5.74) is 4.84. The van der Waals surface area contributed by atoms with Crippen molar-refractivity contribution in [1.29, 1.82) is 0 Å². The fourth-order valence-corrected chi connectivity index (χ4v) is 4.00. The van der Waals surface area contributed by atoms with Gasteiger partial charge in [-0.1, -0.05) is 36.4 Å². The first-order valence-corrected chi connectivity index (χ1v) is 12.7. The second-order valence-corrected chi connectivity index (χ2v) is 9.91.